The molecule has 120 valence electrons. The van der Waals surface area contributed by atoms with Gasteiger partial charge in [-0.1, -0.05) is 19.3 Å². The molecule has 5 heteroatoms. The van der Waals surface area contributed by atoms with Gasteiger partial charge in [-0.15, -0.1) is 0 Å². The standard InChI is InChI=1S/C17H25N3O2/c1-13(21)19(2)15-9-11-16(12-10-15)20(3)17(22)18-14-7-5-4-6-8-14/h9-12,14H,4-8H2,1-3H3,(H,18,22). The van der Waals surface area contributed by atoms with Crippen molar-refractivity contribution in [2.75, 3.05) is 23.9 Å². The molecule has 0 saturated heterocycles. The van der Waals surface area contributed by atoms with Gasteiger partial charge in [-0.05, 0) is 37.1 Å². The van der Waals surface area contributed by atoms with Gasteiger partial charge in [-0.2, -0.15) is 0 Å². The maximum absolute atomic E-state index is 12.3. The van der Waals surface area contributed by atoms with Gasteiger partial charge in [-0.3, -0.25) is 9.69 Å². The fourth-order valence-corrected chi connectivity index (χ4v) is 2.72. The van der Waals surface area contributed by atoms with Gasteiger partial charge in [0.2, 0.25) is 5.91 Å². The van der Waals surface area contributed by atoms with Gasteiger partial charge < -0.3 is 10.2 Å². The molecular weight excluding hydrogens is 278 g/mol. The number of carbonyl (C=O) groups is 2. The van der Waals surface area contributed by atoms with E-state index in [-0.39, 0.29) is 11.9 Å². The third kappa shape index (κ3) is 4.00. The zero-order valence-corrected chi connectivity index (χ0v) is 13.6. The van der Waals surface area contributed by atoms with E-state index in [1.54, 1.807) is 23.9 Å². The number of rotatable bonds is 3. The van der Waals surface area contributed by atoms with Crippen LogP contribution in [0.15, 0.2) is 24.3 Å². The first-order valence-corrected chi connectivity index (χ1v) is 7.87. The van der Waals surface area contributed by atoms with E-state index in [2.05, 4.69) is 5.32 Å². The van der Waals surface area contributed by atoms with Crippen LogP contribution in [0.3, 0.4) is 0 Å². The van der Waals surface area contributed by atoms with E-state index < -0.39 is 0 Å². The Morgan fingerprint density at radius 2 is 1.45 bits per heavy atom. The lowest BCUT2D eigenvalue weighted by Crippen LogP contribution is -2.43. The van der Waals surface area contributed by atoms with Crippen LogP contribution >= 0.6 is 0 Å². The molecule has 0 radical (unpaired) electrons. The summed E-state index contributed by atoms with van der Waals surface area (Å²) in [6.07, 6.45) is 5.80. The number of hydrogen-bond acceptors (Lipinski definition) is 2. The molecule has 1 aromatic carbocycles. The van der Waals surface area contributed by atoms with Gasteiger partial charge >= 0.3 is 6.03 Å². The molecule has 0 bridgehead atoms. The van der Waals surface area contributed by atoms with E-state index in [0.29, 0.717) is 6.04 Å². The molecular formula is C17H25N3O2. The highest BCUT2D eigenvalue weighted by Crippen LogP contribution is 2.21. The van der Waals surface area contributed by atoms with Crippen LogP contribution < -0.4 is 15.1 Å². The second-order valence-corrected chi connectivity index (χ2v) is 5.94. The lowest BCUT2D eigenvalue weighted by Gasteiger charge is -2.26. The topological polar surface area (TPSA) is 52.7 Å². The highest BCUT2D eigenvalue weighted by Gasteiger charge is 2.18. The van der Waals surface area contributed by atoms with Gasteiger partial charge in [0, 0.05) is 38.4 Å². The molecule has 1 saturated carbocycles. The van der Waals surface area contributed by atoms with Crippen molar-refractivity contribution in [1.29, 1.82) is 0 Å². The van der Waals surface area contributed by atoms with Crippen molar-refractivity contribution in [3.8, 4) is 0 Å². The molecule has 0 aromatic heterocycles. The smallest absolute Gasteiger partial charge is 0.321 e. The normalized spacial score (nSPS) is 15.2. The van der Waals surface area contributed by atoms with Crippen molar-refractivity contribution in [2.24, 2.45) is 0 Å². The molecule has 22 heavy (non-hydrogen) atoms. The number of carbonyl (C=O) groups excluding carboxylic acids is 2. The van der Waals surface area contributed by atoms with Crippen LogP contribution in [-0.2, 0) is 4.79 Å². The minimum absolute atomic E-state index is 0.0175. The van der Waals surface area contributed by atoms with Crippen LogP contribution in [0.1, 0.15) is 39.0 Å². The zero-order chi connectivity index (χ0) is 16.1. The predicted octanol–water partition coefficient (Wildman–Crippen LogP) is 3.15. The van der Waals surface area contributed by atoms with Crippen molar-refractivity contribution < 1.29 is 9.59 Å². The molecule has 3 amide bonds. The number of hydrogen-bond donors (Lipinski definition) is 1. The van der Waals surface area contributed by atoms with Crippen molar-refractivity contribution in [3.63, 3.8) is 0 Å². The minimum Gasteiger partial charge on any atom is -0.335 e. The number of benzene rings is 1. The summed E-state index contributed by atoms with van der Waals surface area (Å²) in [7, 11) is 3.50. The molecule has 1 fully saturated rings. The fourth-order valence-electron chi connectivity index (χ4n) is 2.72. The average Bonchev–Trinajstić information content (AvgIpc) is 2.54. The Morgan fingerprint density at radius 1 is 0.955 bits per heavy atom. The van der Waals surface area contributed by atoms with Crippen molar-refractivity contribution in [1.82, 2.24) is 5.32 Å². The van der Waals surface area contributed by atoms with Crippen molar-refractivity contribution in [3.05, 3.63) is 24.3 Å². The highest BCUT2D eigenvalue weighted by molar-refractivity contribution is 5.93. The largest absolute Gasteiger partial charge is 0.335 e. The average molecular weight is 303 g/mol. The minimum atomic E-state index is -0.0698. The molecule has 0 atom stereocenters. The van der Waals surface area contributed by atoms with Crippen LogP contribution in [0.5, 0.6) is 0 Å². The number of nitrogens with one attached hydrogen (secondary N) is 1. The van der Waals surface area contributed by atoms with E-state index in [4.69, 9.17) is 0 Å². The van der Waals surface area contributed by atoms with Gasteiger partial charge in [0.1, 0.15) is 0 Å². The van der Waals surface area contributed by atoms with Crippen LogP contribution in [0.2, 0.25) is 0 Å². The Labute approximate surface area is 132 Å². The number of anilines is 2. The maximum Gasteiger partial charge on any atom is 0.321 e. The molecule has 5 nitrogen and oxygen atoms in total. The highest BCUT2D eigenvalue weighted by atomic mass is 16.2. The first-order chi connectivity index (χ1) is 10.5. The Morgan fingerprint density at radius 3 is 1.95 bits per heavy atom. The molecule has 0 spiro atoms. The summed E-state index contributed by atoms with van der Waals surface area (Å²) in [6.45, 7) is 1.53. The molecule has 0 aliphatic heterocycles. The monoisotopic (exact) mass is 303 g/mol. The summed E-state index contributed by atoms with van der Waals surface area (Å²) in [4.78, 5) is 26.8. The summed E-state index contributed by atoms with van der Waals surface area (Å²) in [5.41, 5.74) is 1.63. The van der Waals surface area contributed by atoms with Gasteiger partial charge in [-0.25, -0.2) is 4.79 Å². The van der Waals surface area contributed by atoms with Gasteiger partial charge in [0.15, 0.2) is 0 Å². The van der Waals surface area contributed by atoms with E-state index in [9.17, 15) is 9.59 Å². The van der Waals surface area contributed by atoms with E-state index in [1.807, 2.05) is 24.3 Å². The Bertz CT molecular complexity index is 521. The first-order valence-electron chi connectivity index (χ1n) is 7.87. The molecule has 0 heterocycles. The fraction of sp³-hybridized carbons (Fsp3) is 0.529. The van der Waals surface area contributed by atoms with E-state index in [1.165, 1.54) is 26.2 Å². The third-order valence-corrected chi connectivity index (χ3v) is 4.33. The van der Waals surface area contributed by atoms with Crippen molar-refractivity contribution in [2.45, 2.75) is 45.1 Å². The summed E-state index contributed by atoms with van der Waals surface area (Å²) in [5, 5.41) is 3.10. The summed E-state index contributed by atoms with van der Waals surface area (Å²) in [6, 6.07) is 7.64. The number of urea groups is 1. The molecule has 0 unspecified atom stereocenters. The molecule has 1 aliphatic rings. The van der Waals surface area contributed by atoms with Gasteiger partial charge in [0.25, 0.3) is 0 Å². The molecule has 1 aromatic rings. The number of nitrogens with zero attached hydrogens (tertiary/aromatic N) is 2. The van der Waals surface area contributed by atoms with Crippen LogP contribution in [0.4, 0.5) is 16.2 Å². The predicted molar refractivity (Wildman–Crippen MR) is 89.3 cm³/mol. The van der Waals surface area contributed by atoms with E-state index >= 15 is 0 Å². The summed E-state index contributed by atoms with van der Waals surface area (Å²) < 4.78 is 0. The lowest BCUT2D eigenvalue weighted by atomic mass is 9.96. The van der Waals surface area contributed by atoms with Crippen LogP contribution in [0.25, 0.3) is 0 Å². The van der Waals surface area contributed by atoms with Gasteiger partial charge in [0.05, 0.1) is 0 Å². The van der Waals surface area contributed by atoms with Crippen LogP contribution in [-0.4, -0.2) is 32.1 Å². The maximum atomic E-state index is 12.3. The zero-order valence-electron chi connectivity index (χ0n) is 13.6. The summed E-state index contributed by atoms with van der Waals surface area (Å²) >= 11 is 0. The number of amides is 3. The Balaban J connectivity index is 1.97. The SMILES string of the molecule is CC(=O)N(C)c1ccc(N(C)C(=O)NC2CCCCC2)cc1. The molecule has 1 aliphatic carbocycles. The third-order valence-electron chi connectivity index (χ3n) is 4.33. The van der Waals surface area contributed by atoms with Crippen molar-refractivity contribution >= 4 is 23.3 Å². The lowest BCUT2D eigenvalue weighted by molar-refractivity contribution is -0.116. The molecule has 2 rings (SSSR count). The second kappa shape index (κ2) is 7.29. The summed E-state index contributed by atoms with van der Waals surface area (Å²) in [5.74, 6) is -0.0175. The second-order valence-electron chi connectivity index (χ2n) is 5.94. The van der Waals surface area contributed by atoms with E-state index in [0.717, 1.165) is 24.2 Å². The first kappa shape index (κ1) is 16.3. The molecule has 1 N–H and O–H groups in total. The van der Waals surface area contributed by atoms with Crippen LogP contribution in [0, 0.1) is 0 Å². The Hall–Kier alpha value is -2.04. The quantitative estimate of drug-likeness (QED) is 0.932. The Kier molecular flexibility index (Phi) is 5.41.